The number of hydrogen-bond acceptors (Lipinski definition) is 3. The van der Waals surface area contributed by atoms with Crippen molar-refractivity contribution in [2.24, 2.45) is 11.3 Å². The van der Waals surface area contributed by atoms with Crippen LogP contribution in [0.3, 0.4) is 0 Å². The summed E-state index contributed by atoms with van der Waals surface area (Å²) in [5, 5.41) is 6.43. The van der Waals surface area contributed by atoms with E-state index in [1.165, 1.54) is 6.42 Å². The van der Waals surface area contributed by atoms with E-state index in [2.05, 4.69) is 10.6 Å². The van der Waals surface area contributed by atoms with Crippen molar-refractivity contribution in [3.63, 3.8) is 0 Å². The lowest BCUT2D eigenvalue weighted by Gasteiger charge is -2.40. The zero-order valence-electron chi connectivity index (χ0n) is 16.6. The predicted octanol–water partition coefficient (Wildman–Crippen LogP) is 2.77. The van der Waals surface area contributed by atoms with Gasteiger partial charge in [-0.2, -0.15) is 0 Å². The molecule has 1 spiro atoms. The number of benzene rings is 1. The molecule has 2 heterocycles. The summed E-state index contributed by atoms with van der Waals surface area (Å²) in [4.78, 5) is 27.6. The minimum atomic E-state index is -0.473. The van der Waals surface area contributed by atoms with Crippen molar-refractivity contribution < 1.29 is 9.59 Å². The monoisotopic (exact) mass is 393 g/mol. The first-order valence-corrected chi connectivity index (χ1v) is 9.77. The van der Waals surface area contributed by atoms with Crippen LogP contribution >= 0.6 is 12.4 Å². The molecular weight excluding hydrogens is 362 g/mol. The highest BCUT2D eigenvalue weighted by Gasteiger charge is 2.39. The second kappa shape index (κ2) is 9.07. The maximum Gasteiger partial charge on any atom is 0.251 e. The largest absolute Gasteiger partial charge is 0.341 e. The molecule has 2 aliphatic heterocycles. The lowest BCUT2D eigenvalue weighted by Crippen LogP contribution is -2.54. The molecule has 27 heavy (non-hydrogen) atoms. The van der Waals surface area contributed by atoms with Gasteiger partial charge in [-0.15, -0.1) is 12.4 Å². The van der Waals surface area contributed by atoms with Gasteiger partial charge in [0.05, 0.1) is 0 Å². The molecule has 1 atom stereocenters. The lowest BCUT2D eigenvalue weighted by atomic mass is 9.77. The average molecular weight is 394 g/mol. The Hall–Kier alpha value is -1.59. The summed E-state index contributed by atoms with van der Waals surface area (Å²) in [7, 11) is 0. The molecule has 0 aliphatic carbocycles. The number of amides is 2. The number of carbonyl (C=O) groups is 2. The molecule has 2 saturated heterocycles. The SMILES string of the molecule is Cc1cccc(C(=O)NC(C(=O)N2CCC3(CCNC3)CC2)C(C)C)c1.Cl. The highest BCUT2D eigenvalue weighted by atomic mass is 35.5. The number of rotatable bonds is 4. The third-order valence-electron chi connectivity index (χ3n) is 5.97. The van der Waals surface area contributed by atoms with Crippen molar-refractivity contribution >= 4 is 24.2 Å². The molecule has 1 aromatic carbocycles. The van der Waals surface area contributed by atoms with Crippen LogP contribution in [-0.2, 0) is 4.79 Å². The molecule has 2 amide bonds. The highest BCUT2D eigenvalue weighted by molar-refractivity contribution is 5.97. The van der Waals surface area contributed by atoms with E-state index < -0.39 is 6.04 Å². The quantitative estimate of drug-likeness (QED) is 0.826. The molecule has 0 aromatic heterocycles. The number of hydrogen-bond donors (Lipinski definition) is 2. The molecule has 2 aliphatic rings. The van der Waals surface area contributed by atoms with Crippen LogP contribution < -0.4 is 10.6 Å². The van der Waals surface area contributed by atoms with Crippen molar-refractivity contribution in [2.75, 3.05) is 26.2 Å². The number of halogens is 1. The molecule has 0 saturated carbocycles. The average Bonchev–Trinajstić information content (AvgIpc) is 3.07. The van der Waals surface area contributed by atoms with Crippen LogP contribution in [0.2, 0.25) is 0 Å². The van der Waals surface area contributed by atoms with E-state index in [0.29, 0.717) is 11.0 Å². The molecule has 1 aromatic rings. The Morgan fingerprint density at radius 1 is 1.19 bits per heavy atom. The van der Waals surface area contributed by atoms with Gasteiger partial charge < -0.3 is 15.5 Å². The number of nitrogens with zero attached hydrogens (tertiary/aromatic N) is 1. The predicted molar refractivity (Wildman–Crippen MR) is 110 cm³/mol. The van der Waals surface area contributed by atoms with Crippen LogP contribution in [0.1, 0.15) is 49.0 Å². The Kier molecular flexibility index (Phi) is 7.29. The highest BCUT2D eigenvalue weighted by Crippen LogP contribution is 2.37. The van der Waals surface area contributed by atoms with Crippen LogP contribution in [0, 0.1) is 18.3 Å². The maximum absolute atomic E-state index is 13.1. The molecule has 1 unspecified atom stereocenters. The van der Waals surface area contributed by atoms with E-state index in [0.717, 1.165) is 44.6 Å². The molecule has 3 rings (SSSR count). The number of carbonyl (C=O) groups excluding carboxylic acids is 2. The summed E-state index contributed by atoms with van der Waals surface area (Å²) < 4.78 is 0. The summed E-state index contributed by atoms with van der Waals surface area (Å²) >= 11 is 0. The van der Waals surface area contributed by atoms with Crippen LogP contribution in [0.4, 0.5) is 0 Å². The summed E-state index contributed by atoms with van der Waals surface area (Å²) in [6, 6.07) is 7.01. The molecule has 0 bridgehead atoms. The molecule has 2 fully saturated rings. The second-order valence-corrected chi connectivity index (χ2v) is 8.32. The van der Waals surface area contributed by atoms with Crippen LogP contribution in [-0.4, -0.2) is 48.9 Å². The number of likely N-dealkylation sites (tertiary alicyclic amines) is 1. The van der Waals surface area contributed by atoms with E-state index >= 15 is 0 Å². The van der Waals surface area contributed by atoms with Gasteiger partial charge in [-0.3, -0.25) is 9.59 Å². The van der Waals surface area contributed by atoms with Gasteiger partial charge in [-0.1, -0.05) is 31.5 Å². The van der Waals surface area contributed by atoms with Crippen LogP contribution in [0.25, 0.3) is 0 Å². The van der Waals surface area contributed by atoms with E-state index in [9.17, 15) is 9.59 Å². The van der Waals surface area contributed by atoms with Crippen LogP contribution in [0.15, 0.2) is 24.3 Å². The fourth-order valence-corrected chi connectivity index (χ4v) is 4.14. The summed E-state index contributed by atoms with van der Waals surface area (Å²) in [5.41, 5.74) is 2.03. The fourth-order valence-electron chi connectivity index (χ4n) is 4.14. The number of aryl methyl sites for hydroxylation is 1. The maximum atomic E-state index is 13.1. The third-order valence-corrected chi connectivity index (χ3v) is 5.97. The Morgan fingerprint density at radius 2 is 1.89 bits per heavy atom. The summed E-state index contributed by atoms with van der Waals surface area (Å²) in [6.45, 7) is 9.70. The lowest BCUT2D eigenvalue weighted by molar-refractivity contribution is -0.136. The van der Waals surface area contributed by atoms with Gasteiger partial charge in [0.25, 0.3) is 5.91 Å². The van der Waals surface area contributed by atoms with Gasteiger partial charge in [-0.05, 0) is 56.2 Å². The summed E-state index contributed by atoms with van der Waals surface area (Å²) in [5.74, 6) is -0.0590. The van der Waals surface area contributed by atoms with Gasteiger partial charge in [0.2, 0.25) is 5.91 Å². The molecule has 0 radical (unpaired) electrons. The molecular formula is C21H32ClN3O2. The van der Waals surface area contributed by atoms with Crippen LogP contribution in [0.5, 0.6) is 0 Å². The van der Waals surface area contributed by atoms with Crippen molar-refractivity contribution in [2.45, 2.75) is 46.1 Å². The molecule has 5 nitrogen and oxygen atoms in total. The van der Waals surface area contributed by atoms with E-state index in [1.807, 2.05) is 43.9 Å². The zero-order chi connectivity index (χ0) is 18.7. The number of nitrogens with one attached hydrogen (secondary N) is 2. The topological polar surface area (TPSA) is 61.4 Å². The summed E-state index contributed by atoms with van der Waals surface area (Å²) in [6.07, 6.45) is 3.33. The Bertz CT molecular complexity index is 661. The van der Waals surface area contributed by atoms with Crippen molar-refractivity contribution in [1.82, 2.24) is 15.5 Å². The minimum absolute atomic E-state index is 0. The first-order valence-electron chi connectivity index (χ1n) is 9.77. The fraction of sp³-hybridized carbons (Fsp3) is 0.619. The smallest absolute Gasteiger partial charge is 0.251 e. The van der Waals surface area contributed by atoms with E-state index in [-0.39, 0.29) is 30.1 Å². The second-order valence-electron chi connectivity index (χ2n) is 8.32. The van der Waals surface area contributed by atoms with Crippen molar-refractivity contribution in [3.05, 3.63) is 35.4 Å². The van der Waals surface area contributed by atoms with Crippen molar-refractivity contribution in [3.8, 4) is 0 Å². The van der Waals surface area contributed by atoms with Crippen molar-refractivity contribution in [1.29, 1.82) is 0 Å². The number of piperidine rings is 1. The van der Waals surface area contributed by atoms with Gasteiger partial charge in [0, 0.05) is 25.2 Å². The van der Waals surface area contributed by atoms with E-state index in [1.54, 1.807) is 6.07 Å². The normalized spacial score (nSPS) is 19.6. The molecule has 150 valence electrons. The first-order chi connectivity index (χ1) is 12.4. The Balaban J connectivity index is 0.00000261. The Labute approximate surface area is 168 Å². The Morgan fingerprint density at radius 3 is 2.44 bits per heavy atom. The molecule has 6 heteroatoms. The van der Waals surface area contributed by atoms with Gasteiger partial charge in [0.1, 0.15) is 6.04 Å². The third kappa shape index (κ3) is 5.02. The zero-order valence-corrected chi connectivity index (χ0v) is 17.4. The molecule has 2 N–H and O–H groups in total. The first kappa shape index (κ1) is 21.7. The van der Waals surface area contributed by atoms with E-state index in [4.69, 9.17) is 0 Å². The minimum Gasteiger partial charge on any atom is -0.341 e. The van der Waals surface area contributed by atoms with Gasteiger partial charge >= 0.3 is 0 Å². The van der Waals surface area contributed by atoms with Gasteiger partial charge in [-0.25, -0.2) is 0 Å². The van der Waals surface area contributed by atoms with Gasteiger partial charge in [0.15, 0.2) is 0 Å². The standard InChI is InChI=1S/C21H31N3O2.ClH/c1-15(2)18(23-19(25)17-6-4-5-16(3)13-17)20(26)24-11-8-21(9-12-24)7-10-22-14-21;/h4-6,13,15,18,22H,7-12,14H2,1-3H3,(H,23,25);1H.